The molecule has 4 N–H and O–H groups in total. The second-order valence-corrected chi connectivity index (χ2v) is 9.20. The van der Waals surface area contributed by atoms with E-state index in [1.54, 1.807) is 18.7 Å². The van der Waals surface area contributed by atoms with Crippen LogP contribution in [0.4, 0.5) is 31.1 Å². The van der Waals surface area contributed by atoms with Crippen molar-refractivity contribution >= 4 is 12.1 Å². The first-order valence-electron chi connectivity index (χ1n) is 11.9. The average Bonchev–Trinajstić information content (AvgIpc) is 2.79. The number of amides is 1. The summed E-state index contributed by atoms with van der Waals surface area (Å²) in [5.74, 6) is 4.87. The van der Waals surface area contributed by atoms with Crippen LogP contribution in [0, 0.1) is 0 Å². The fourth-order valence-electron chi connectivity index (χ4n) is 4.61. The van der Waals surface area contributed by atoms with Crippen molar-refractivity contribution in [1.29, 1.82) is 0 Å². The predicted octanol–water partition coefficient (Wildman–Crippen LogP) is 5.44. The van der Waals surface area contributed by atoms with E-state index in [4.69, 9.17) is 16.3 Å². The zero-order valence-corrected chi connectivity index (χ0v) is 21.1. The first-order chi connectivity index (χ1) is 17.1. The number of alkyl halides is 6. The molecular formula is C23H33F6N6O2+. The lowest BCUT2D eigenvalue weighted by molar-refractivity contribution is -0.589. The van der Waals surface area contributed by atoms with Crippen LogP contribution in [0.1, 0.15) is 70.1 Å². The molecule has 0 aromatic heterocycles. The number of rotatable bonds is 6. The van der Waals surface area contributed by atoms with Crippen molar-refractivity contribution < 1.29 is 40.4 Å². The molecule has 0 radical (unpaired) electrons. The molecule has 1 amide bonds. The standard InChI is InChI=1S/C23H32F6N6O2/c1-5-17-10-19(11-18(6-2)35(17)21(36)37-13(3)4)34(20(30)32-33-31)12-14-7-15(22(24,25)26)9-16(8-14)23(27,28)29/h7-9,13,17-19H,5-6,10-12H2,1-4H3,(H3,30,31,32)/p+1/t17-,18+,19?. The van der Waals surface area contributed by atoms with Gasteiger partial charge < -0.3 is 9.64 Å². The van der Waals surface area contributed by atoms with E-state index < -0.39 is 42.2 Å². The quantitative estimate of drug-likeness (QED) is 0.0954. The van der Waals surface area contributed by atoms with Crippen molar-refractivity contribution in [1.82, 2.24) is 4.90 Å². The Morgan fingerprint density at radius 1 is 1.05 bits per heavy atom. The first kappa shape index (κ1) is 30.2. The maximum atomic E-state index is 13.4. The zero-order chi connectivity index (χ0) is 28.1. The van der Waals surface area contributed by atoms with Gasteiger partial charge in [-0.3, -0.25) is 16.2 Å². The van der Waals surface area contributed by atoms with Crippen LogP contribution in [0.5, 0.6) is 0 Å². The van der Waals surface area contributed by atoms with Crippen molar-refractivity contribution in [2.75, 3.05) is 0 Å². The van der Waals surface area contributed by atoms with Crippen molar-refractivity contribution in [2.45, 2.75) is 96.5 Å². The molecule has 1 saturated heterocycles. The number of ether oxygens (including phenoxy) is 1. The van der Waals surface area contributed by atoms with Gasteiger partial charge in [0.05, 0.1) is 34.9 Å². The summed E-state index contributed by atoms with van der Waals surface area (Å²) < 4.78 is 87.2. The molecule has 1 aromatic carbocycles. The van der Waals surface area contributed by atoms with E-state index in [0.29, 0.717) is 37.8 Å². The molecule has 208 valence electrons. The number of nitrogens with two attached hydrogens (primary N) is 2. The fourth-order valence-corrected chi connectivity index (χ4v) is 4.61. The maximum absolute atomic E-state index is 13.4. The van der Waals surface area contributed by atoms with Crippen molar-refractivity contribution in [3.63, 3.8) is 0 Å². The van der Waals surface area contributed by atoms with E-state index in [0.717, 1.165) is 0 Å². The molecule has 2 rings (SSSR count). The van der Waals surface area contributed by atoms with Gasteiger partial charge in [0.1, 0.15) is 0 Å². The smallest absolute Gasteiger partial charge is 0.416 e. The van der Waals surface area contributed by atoms with Gasteiger partial charge in [-0.2, -0.15) is 26.3 Å². The third-order valence-electron chi connectivity index (χ3n) is 6.26. The third-order valence-corrected chi connectivity index (χ3v) is 6.26. The molecule has 0 saturated carbocycles. The van der Waals surface area contributed by atoms with Crippen LogP contribution in [-0.4, -0.2) is 45.8 Å². The Labute approximate surface area is 211 Å². The molecule has 0 aliphatic carbocycles. The van der Waals surface area contributed by atoms with Crippen LogP contribution in [0.2, 0.25) is 0 Å². The molecule has 1 heterocycles. The molecule has 1 aromatic rings. The average molecular weight is 540 g/mol. The molecule has 3 atom stereocenters. The highest BCUT2D eigenvalue weighted by atomic mass is 19.4. The highest BCUT2D eigenvalue weighted by Gasteiger charge is 2.42. The van der Waals surface area contributed by atoms with Crippen molar-refractivity contribution in [2.24, 2.45) is 21.9 Å². The van der Waals surface area contributed by atoms with E-state index in [-0.39, 0.29) is 35.8 Å². The highest BCUT2D eigenvalue weighted by Crippen LogP contribution is 2.37. The second kappa shape index (κ2) is 12.0. The molecule has 0 spiro atoms. The zero-order valence-electron chi connectivity index (χ0n) is 21.1. The molecule has 1 aliphatic rings. The normalized spacial score (nSPS) is 21.9. The summed E-state index contributed by atoms with van der Waals surface area (Å²) in [5, 5.41) is 6.74. The monoisotopic (exact) mass is 539 g/mol. The van der Waals surface area contributed by atoms with Gasteiger partial charge in [-0.05, 0) is 50.5 Å². The van der Waals surface area contributed by atoms with Gasteiger partial charge in [-0.15, -0.1) is 0 Å². The van der Waals surface area contributed by atoms with Gasteiger partial charge in [-0.1, -0.05) is 13.8 Å². The minimum absolute atomic E-state index is 0.0690. The number of nitrogens with zero attached hydrogens (tertiary/aromatic N) is 4. The number of halogens is 6. The Hall–Kier alpha value is -3.06. The number of hydrogen-bond donors (Lipinski definition) is 2. The third kappa shape index (κ3) is 7.71. The van der Waals surface area contributed by atoms with Crippen LogP contribution in [0.15, 0.2) is 28.5 Å². The lowest BCUT2D eigenvalue weighted by atomic mass is 9.88. The summed E-state index contributed by atoms with van der Waals surface area (Å²) in [6.45, 7) is 6.79. The summed E-state index contributed by atoms with van der Waals surface area (Å²) in [5.41, 5.74) is 2.92. The topological polar surface area (TPSA) is 109 Å². The summed E-state index contributed by atoms with van der Waals surface area (Å²) in [6, 6.07) is 0.268. The van der Waals surface area contributed by atoms with Crippen LogP contribution < -0.4 is 11.6 Å². The number of hydrogen-bond acceptors (Lipinski definition) is 3. The van der Waals surface area contributed by atoms with E-state index in [2.05, 4.69) is 10.3 Å². The Morgan fingerprint density at radius 3 is 1.92 bits per heavy atom. The fraction of sp³-hybridized carbons (Fsp3) is 0.652. The number of carbonyl (C=O) groups is 1. The highest BCUT2D eigenvalue weighted by molar-refractivity contribution is 5.73. The van der Waals surface area contributed by atoms with Gasteiger partial charge >= 0.3 is 24.4 Å². The lowest BCUT2D eigenvalue weighted by Gasteiger charge is -2.44. The minimum Gasteiger partial charge on any atom is -0.447 e. The van der Waals surface area contributed by atoms with Crippen molar-refractivity contribution in [3.05, 3.63) is 34.9 Å². The van der Waals surface area contributed by atoms with Crippen molar-refractivity contribution in [3.8, 4) is 0 Å². The minimum atomic E-state index is -4.99. The summed E-state index contributed by atoms with van der Waals surface area (Å²) in [7, 11) is 0. The van der Waals surface area contributed by atoms with Gasteiger partial charge in [0.25, 0.3) is 0 Å². The maximum Gasteiger partial charge on any atom is 0.416 e. The Kier molecular flexibility index (Phi) is 9.78. The SMILES string of the molecule is CC[C@@H]1CC([N+](Cc2cc(C(F)(F)F)cc(C(F)(F)F)c2)=C(N)/N=N\N)C[C@H](CC)N1C(=O)OC(C)C. The molecule has 37 heavy (non-hydrogen) atoms. The Bertz CT molecular complexity index is 962. The molecule has 1 fully saturated rings. The van der Waals surface area contributed by atoms with Gasteiger partial charge in [0, 0.05) is 30.1 Å². The summed E-state index contributed by atoms with van der Waals surface area (Å²) in [6.07, 6.45) is -9.08. The Balaban J connectivity index is 2.54. The molecule has 14 heteroatoms. The molecule has 0 bridgehead atoms. The molecule has 8 nitrogen and oxygen atoms in total. The van der Waals surface area contributed by atoms with Crippen LogP contribution in [0.25, 0.3) is 0 Å². The summed E-state index contributed by atoms with van der Waals surface area (Å²) in [4.78, 5) is 14.5. The van der Waals surface area contributed by atoms with Gasteiger partial charge in [0.15, 0.2) is 0 Å². The number of piperidine rings is 1. The van der Waals surface area contributed by atoms with E-state index in [1.807, 2.05) is 13.8 Å². The number of carbonyl (C=O) groups excluding carboxylic acids is 1. The molecule has 1 aliphatic heterocycles. The van der Waals surface area contributed by atoms with E-state index in [1.165, 1.54) is 4.58 Å². The molecule has 1 unspecified atom stereocenters. The number of guanidine groups is 1. The molecular weight excluding hydrogens is 506 g/mol. The first-order valence-corrected chi connectivity index (χ1v) is 11.9. The second-order valence-electron chi connectivity index (χ2n) is 9.20. The lowest BCUT2D eigenvalue weighted by Crippen LogP contribution is -2.56. The van der Waals surface area contributed by atoms with E-state index >= 15 is 0 Å². The van der Waals surface area contributed by atoms with Crippen LogP contribution in [0.3, 0.4) is 0 Å². The van der Waals surface area contributed by atoms with Gasteiger partial charge in [-0.25, -0.2) is 4.79 Å². The van der Waals surface area contributed by atoms with Crippen LogP contribution in [-0.2, 0) is 23.6 Å². The predicted molar refractivity (Wildman–Crippen MR) is 123 cm³/mol. The number of likely N-dealkylation sites (tertiary alicyclic amines) is 1. The summed E-state index contributed by atoms with van der Waals surface area (Å²) >= 11 is 0. The van der Waals surface area contributed by atoms with Gasteiger partial charge in [0.2, 0.25) is 0 Å². The van der Waals surface area contributed by atoms with E-state index in [9.17, 15) is 31.1 Å². The number of benzene rings is 1. The van der Waals surface area contributed by atoms with Crippen LogP contribution >= 0.6 is 0 Å². The largest absolute Gasteiger partial charge is 0.447 e. The Morgan fingerprint density at radius 2 is 1.54 bits per heavy atom.